The van der Waals surface area contributed by atoms with Gasteiger partial charge in [-0.05, 0) is 79.7 Å². The van der Waals surface area contributed by atoms with Crippen molar-refractivity contribution < 1.29 is 31.8 Å². The van der Waals surface area contributed by atoms with Gasteiger partial charge in [-0.2, -0.15) is 0 Å². The Hall–Kier alpha value is -3.59. The molecule has 0 N–H and O–H groups in total. The number of carbonyl (C=O) groups excluding carboxylic acids is 1. The summed E-state index contributed by atoms with van der Waals surface area (Å²) in [6.07, 6.45) is -0.932. The molecule has 3 aromatic rings. The number of nitrogens with zero attached hydrogens (tertiary/aromatic N) is 1. The first kappa shape index (κ1) is 23.1. The second-order valence-corrected chi connectivity index (χ2v) is 8.75. The van der Waals surface area contributed by atoms with Crippen LogP contribution >= 0.6 is 0 Å². The molecule has 0 aliphatic heterocycles. The molecule has 0 saturated carbocycles. The molecule has 0 aromatic heterocycles. The first-order chi connectivity index (χ1) is 15.2. The highest BCUT2D eigenvalue weighted by Crippen LogP contribution is 2.26. The third-order valence-corrected chi connectivity index (χ3v) is 6.39. The molecule has 0 aliphatic rings. The Morgan fingerprint density at radius 2 is 1.41 bits per heavy atom. The molecule has 0 radical (unpaired) electrons. The fraction of sp³-hybridized carbons (Fsp3) is 0.174. The molecule has 0 unspecified atom stereocenters. The number of hydrogen-bond donors (Lipinski definition) is 0. The zero-order valence-electron chi connectivity index (χ0n) is 17.7. The molecule has 0 aliphatic carbocycles. The van der Waals surface area contributed by atoms with Gasteiger partial charge in [0.1, 0.15) is 23.1 Å². The molecule has 7 nitrogen and oxygen atoms in total. The normalized spacial score (nSPS) is 12.0. The van der Waals surface area contributed by atoms with E-state index in [2.05, 4.69) is 0 Å². The first-order valence-corrected chi connectivity index (χ1v) is 11.0. The zero-order chi connectivity index (χ0) is 23.3. The number of esters is 1. The maximum Gasteiger partial charge on any atom is 0.352 e. The quantitative estimate of drug-likeness (QED) is 0.374. The van der Waals surface area contributed by atoms with Gasteiger partial charge in [0.15, 0.2) is 6.10 Å². The number of benzene rings is 3. The van der Waals surface area contributed by atoms with Crippen molar-refractivity contribution in [2.45, 2.75) is 17.9 Å². The molecule has 0 saturated heterocycles. The van der Waals surface area contributed by atoms with Gasteiger partial charge in [0.25, 0.3) is 10.0 Å². The lowest BCUT2D eigenvalue weighted by molar-refractivity contribution is -0.141. The van der Waals surface area contributed by atoms with Crippen LogP contribution in [0.25, 0.3) is 0 Å². The van der Waals surface area contributed by atoms with Gasteiger partial charge in [0.2, 0.25) is 0 Å². The van der Waals surface area contributed by atoms with Crippen molar-refractivity contribution in [2.24, 2.45) is 0 Å². The highest BCUT2D eigenvalue weighted by Gasteiger charge is 2.22. The van der Waals surface area contributed by atoms with Crippen LogP contribution < -0.4 is 18.5 Å². The van der Waals surface area contributed by atoms with Gasteiger partial charge in [-0.25, -0.2) is 17.6 Å². The molecule has 0 spiro atoms. The summed E-state index contributed by atoms with van der Waals surface area (Å²) in [6, 6.07) is 17.3. The lowest BCUT2D eigenvalue weighted by Crippen LogP contribution is -2.28. The SMILES string of the molecule is COc1ccc(S(=O)(=O)N(C)c2ccc(OC(=O)[C@@H](C)Oc3ccc(F)cc3)cc2)cc1. The van der Waals surface area contributed by atoms with E-state index in [1.54, 1.807) is 12.1 Å². The number of halogens is 1. The summed E-state index contributed by atoms with van der Waals surface area (Å²) in [5.74, 6) is 0.0449. The van der Waals surface area contributed by atoms with Crippen molar-refractivity contribution in [3.63, 3.8) is 0 Å². The van der Waals surface area contributed by atoms with Crippen molar-refractivity contribution in [2.75, 3.05) is 18.5 Å². The van der Waals surface area contributed by atoms with Crippen LogP contribution in [0, 0.1) is 5.82 Å². The average molecular weight is 459 g/mol. The minimum atomic E-state index is -3.78. The predicted molar refractivity (Wildman–Crippen MR) is 117 cm³/mol. The lowest BCUT2D eigenvalue weighted by Gasteiger charge is -2.20. The number of methoxy groups -OCH3 is 1. The first-order valence-electron chi connectivity index (χ1n) is 9.57. The summed E-state index contributed by atoms with van der Waals surface area (Å²) < 4.78 is 55.5. The van der Waals surface area contributed by atoms with Crippen LogP contribution in [0.5, 0.6) is 17.2 Å². The molecule has 3 aromatic carbocycles. The number of hydrogen-bond acceptors (Lipinski definition) is 6. The predicted octanol–water partition coefficient (Wildman–Crippen LogP) is 4.03. The van der Waals surface area contributed by atoms with E-state index in [1.807, 2.05) is 0 Å². The van der Waals surface area contributed by atoms with E-state index in [9.17, 15) is 17.6 Å². The summed E-state index contributed by atoms with van der Waals surface area (Å²) >= 11 is 0. The van der Waals surface area contributed by atoms with Gasteiger partial charge in [0.05, 0.1) is 17.7 Å². The Morgan fingerprint density at radius 1 is 0.875 bits per heavy atom. The monoisotopic (exact) mass is 459 g/mol. The van der Waals surface area contributed by atoms with E-state index in [0.29, 0.717) is 17.2 Å². The standard InChI is InChI=1S/C23H22FNO6S/c1-16(30-20-8-4-17(24)5-9-20)23(26)31-21-10-6-18(7-11-21)25(2)32(27,28)22-14-12-19(29-3)13-15-22/h4-16H,1-3H3/t16-/m1/s1. The summed E-state index contributed by atoms with van der Waals surface area (Å²) in [7, 11) is -0.851. The van der Waals surface area contributed by atoms with E-state index in [4.69, 9.17) is 14.2 Å². The molecule has 168 valence electrons. The van der Waals surface area contributed by atoms with Gasteiger partial charge >= 0.3 is 5.97 Å². The Balaban J connectivity index is 1.65. The maximum atomic E-state index is 13.0. The van der Waals surface area contributed by atoms with Crippen molar-refractivity contribution in [3.05, 3.63) is 78.6 Å². The smallest absolute Gasteiger partial charge is 0.352 e. The molecule has 32 heavy (non-hydrogen) atoms. The van der Waals surface area contributed by atoms with Gasteiger partial charge in [-0.1, -0.05) is 0 Å². The molecule has 0 amide bonds. The van der Waals surface area contributed by atoms with Crippen LogP contribution in [0.3, 0.4) is 0 Å². The maximum absolute atomic E-state index is 13.0. The molecular weight excluding hydrogens is 437 g/mol. The van der Waals surface area contributed by atoms with Crippen LogP contribution in [0.15, 0.2) is 77.7 Å². The molecule has 9 heteroatoms. The topological polar surface area (TPSA) is 82.1 Å². The van der Waals surface area contributed by atoms with E-state index in [1.165, 1.54) is 81.7 Å². The number of sulfonamides is 1. The largest absolute Gasteiger partial charge is 0.497 e. The van der Waals surface area contributed by atoms with Crippen LogP contribution in [0.1, 0.15) is 6.92 Å². The third kappa shape index (κ3) is 5.36. The van der Waals surface area contributed by atoms with E-state index in [-0.39, 0.29) is 10.6 Å². The van der Waals surface area contributed by atoms with Crippen LogP contribution in [-0.2, 0) is 14.8 Å². The Kier molecular flexibility index (Phi) is 6.99. The van der Waals surface area contributed by atoms with Crippen LogP contribution in [0.2, 0.25) is 0 Å². The molecule has 0 heterocycles. The second-order valence-electron chi connectivity index (χ2n) is 6.78. The van der Waals surface area contributed by atoms with Gasteiger partial charge < -0.3 is 14.2 Å². The van der Waals surface area contributed by atoms with Crippen molar-refractivity contribution >= 4 is 21.7 Å². The number of rotatable bonds is 8. The van der Waals surface area contributed by atoms with Crippen molar-refractivity contribution in [1.82, 2.24) is 0 Å². The summed E-state index contributed by atoms with van der Waals surface area (Å²) in [5, 5.41) is 0. The minimum absolute atomic E-state index is 0.114. The highest BCUT2D eigenvalue weighted by atomic mass is 32.2. The number of anilines is 1. The van der Waals surface area contributed by atoms with Gasteiger partial charge in [-0.3, -0.25) is 4.31 Å². The fourth-order valence-corrected chi connectivity index (χ4v) is 3.93. The second kappa shape index (κ2) is 9.69. The molecular formula is C23H22FNO6S. The van der Waals surface area contributed by atoms with E-state index < -0.39 is 27.9 Å². The minimum Gasteiger partial charge on any atom is -0.497 e. The Morgan fingerprint density at radius 3 is 1.97 bits per heavy atom. The molecule has 0 fully saturated rings. The summed E-state index contributed by atoms with van der Waals surface area (Å²) in [6.45, 7) is 1.51. The van der Waals surface area contributed by atoms with Crippen molar-refractivity contribution in [1.29, 1.82) is 0 Å². The summed E-state index contributed by atoms with van der Waals surface area (Å²) in [5.41, 5.74) is 0.385. The Labute approximate surface area is 186 Å². The third-order valence-electron chi connectivity index (χ3n) is 4.60. The van der Waals surface area contributed by atoms with E-state index in [0.717, 1.165) is 4.31 Å². The van der Waals surface area contributed by atoms with E-state index >= 15 is 0 Å². The van der Waals surface area contributed by atoms with Gasteiger partial charge in [0, 0.05) is 7.05 Å². The summed E-state index contributed by atoms with van der Waals surface area (Å²) in [4.78, 5) is 12.4. The molecule has 1 atom stereocenters. The lowest BCUT2D eigenvalue weighted by atomic mass is 10.3. The van der Waals surface area contributed by atoms with Crippen molar-refractivity contribution in [3.8, 4) is 17.2 Å². The highest BCUT2D eigenvalue weighted by molar-refractivity contribution is 7.92. The van der Waals surface area contributed by atoms with Crippen LogP contribution in [0.4, 0.5) is 10.1 Å². The van der Waals surface area contributed by atoms with Gasteiger partial charge in [-0.15, -0.1) is 0 Å². The fourth-order valence-electron chi connectivity index (χ4n) is 2.73. The van der Waals surface area contributed by atoms with Crippen LogP contribution in [-0.4, -0.2) is 34.6 Å². The zero-order valence-corrected chi connectivity index (χ0v) is 18.5. The number of carbonyl (C=O) groups is 1. The number of ether oxygens (including phenoxy) is 3. The average Bonchev–Trinajstić information content (AvgIpc) is 2.80. The molecule has 0 bridgehead atoms. The Bertz CT molecular complexity index is 1160. The molecule has 3 rings (SSSR count).